The van der Waals surface area contributed by atoms with Crippen molar-refractivity contribution in [1.82, 2.24) is 0 Å². The molecule has 0 amide bonds. The maximum absolute atomic E-state index is 6.35. The van der Waals surface area contributed by atoms with Crippen LogP contribution in [0, 0.1) is 0 Å². The molecule has 2 atom stereocenters. The van der Waals surface area contributed by atoms with Gasteiger partial charge in [0.1, 0.15) is 17.1 Å². The summed E-state index contributed by atoms with van der Waals surface area (Å²) < 4.78 is 17.1. The van der Waals surface area contributed by atoms with Gasteiger partial charge in [-0.1, -0.05) is 0 Å². The molecule has 1 spiro atoms. The zero-order valence-corrected chi connectivity index (χ0v) is 11.4. The molecule has 1 aromatic carbocycles. The Labute approximate surface area is 113 Å². The van der Waals surface area contributed by atoms with Gasteiger partial charge in [0.2, 0.25) is 0 Å². The Morgan fingerprint density at radius 2 is 2.21 bits per heavy atom. The third kappa shape index (κ3) is 2.42. The van der Waals surface area contributed by atoms with E-state index in [-0.39, 0.29) is 11.6 Å². The Balaban J connectivity index is 1.90. The average molecular weight is 263 g/mol. The number of benzene rings is 1. The Kier molecular flexibility index (Phi) is 3.37. The summed E-state index contributed by atoms with van der Waals surface area (Å²) >= 11 is 0. The van der Waals surface area contributed by atoms with E-state index in [2.05, 4.69) is 0 Å². The fourth-order valence-corrected chi connectivity index (χ4v) is 3.11. The normalized spacial score (nSPS) is 30.3. The van der Waals surface area contributed by atoms with Gasteiger partial charge < -0.3 is 19.9 Å². The lowest BCUT2D eigenvalue weighted by molar-refractivity contribution is 0.0154. The van der Waals surface area contributed by atoms with Crippen molar-refractivity contribution in [2.24, 2.45) is 5.73 Å². The molecule has 1 fully saturated rings. The van der Waals surface area contributed by atoms with Gasteiger partial charge in [-0.15, -0.1) is 0 Å². The Bertz CT molecular complexity index is 453. The van der Waals surface area contributed by atoms with Crippen LogP contribution in [0.2, 0.25) is 0 Å². The second-order valence-corrected chi connectivity index (χ2v) is 5.47. The van der Waals surface area contributed by atoms with Crippen LogP contribution in [-0.2, 0) is 4.74 Å². The quantitative estimate of drug-likeness (QED) is 0.845. The highest BCUT2D eigenvalue weighted by Crippen LogP contribution is 2.44. The minimum Gasteiger partial charge on any atom is -0.497 e. The molecule has 0 aliphatic carbocycles. The van der Waals surface area contributed by atoms with Crippen molar-refractivity contribution in [2.75, 3.05) is 20.3 Å². The minimum absolute atomic E-state index is 0.0111. The van der Waals surface area contributed by atoms with Crippen molar-refractivity contribution in [2.45, 2.75) is 37.3 Å². The van der Waals surface area contributed by atoms with Crippen LogP contribution in [0.15, 0.2) is 18.2 Å². The largest absolute Gasteiger partial charge is 0.497 e. The fraction of sp³-hybridized carbons (Fsp3) is 0.600. The number of hydrogen-bond acceptors (Lipinski definition) is 4. The summed E-state index contributed by atoms with van der Waals surface area (Å²) in [7, 11) is 1.67. The van der Waals surface area contributed by atoms with E-state index in [0.717, 1.165) is 56.0 Å². The van der Waals surface area contributed by atoms with Gasteiger partial charge in [0, 0.05) is 31.1 Å². The summed E-state index contributed by atoms with van der Waals surface area (Å²) in [6.07, 6.45) is 3.84. The Morgan fingerprint density at radius 3 is 3.05 bits per heavy atom. The first-order chi connectivity index (χ1) is 9.22. The van der Waals surface area contributed by atoms with Crippen LogP contribution >= 0.6 is 0 Å². The number of ether oxygens (including phenoxy) is 3. The third-order valence-corrected chi connectivity index (χ3v) is 4.16. The van der Waals surface area contributed by atoms with Crippen molar-refractivity contribution in [3.63, 3.8) is 0 Å². The lowest BCUT2D eigenvalue weighted by Gasteiger charge is -2.40. The minimum atomic E-state index is -0.141. The van der Waals surface area contributed by atoms with Gasteiger partial charge in [-0.25, -0.2) is 0 Å². The summed E-state index contributed by atoms with van der Waals surface area (Å²) in [6, 6.07) is 5.90. The molecule has 0 aromatic heterocycles. The van der Waals surface area contributed by atoms with E-state index >= 15 is 0 Å². The molecule has 2 unspecified atom stereocenters. The molecule has 0 bridgehead atoms. The number of nitrogens with two attached hydrogens (primary N) is 1. The third-order valence-electron chi connectivity index (χ3n) is 4.16. The highest BCUT2D eigenvalue weighted by molar-refractivity contribution is 5.44. The summed E-state index contributed by atoms with van der Waals surface area (Å²) in [6.45, 7) is 1.59. The van der Waals surface area contributed by atoms with Crippen molar-refractivity contribution < 1.29 is 14.2 Å². The molecule has 2 heterocycles. The molecule has 0 radical (unpaired) electrons. The van der Waals surface area contributed by atoms with E-state index < -0.39 is 0 Å². The van der Waals surface area contributed by atoms with Crippen LogP contribution < -0.4 is 15.2 Å². The van der Waals surface area contributed by atoms with E-state index in [0.29, 0.717) is 0 Å². The van der Waals surface area contributed by atoms with E-state index in [9.17, 15) is 0 Å². The number of fused-ring (bicyclic) bond motifs is 1. The first kappa shape index (κ1) is 12.8. The molecular formula is C15H21NO3. The lowest BCUT2D eigenvalue weighted by atomic mass is 9.82. The predicted molar refractivity (Wildman–Crippen MR) is 72.6 cm³/mol. The van der Waals surface area contributed by atoms with Crippen LogP contribution in [0.1, 0.15) is 37.3 Å². The van der Waals surface area contributed by atoms with Gasteiger partial charge >= 0.3 is 0 Å². The molecule has 3 rings (SSSR count). The van der Waals surface area contributed by atoms with E-state index in [1.807, 2.05) is 18.2 Å². The van der Waals surface area contributed by atoms with Crippen LogP contribution in [0.5, 0.6) is 11.5 Å². The zero-order valence-electron chi connectivity index (χ0n) is 11.4. The summed E-state index contributed by atoms with van der Waals surface area (Å²) in [4.78, 5) is 0. The molecule has 2 N–H and O–H groups in total. The molecule has 4 nitrogen and oxygen atoms in total. The average Bonchev–Trinajstić information content (AvgIpc) is 2.64. The summed E-state index contributed by atoms with van der Waals surface area (Å²) in [5, 5.41) is 0. The molecule has 0 saturated carbocycles. The topological polar surface area (TPSA) is 53.7 Å². The van der Waals surface area contributed by atoms with Gasteiger partial charge in [-0.3, -0.25) is 0 Å². The molecule has 4 heteroatoms. The van der Waals surface area contributed by atoms with Gasteiger partial charge in [-0.2, -0.15) is 0 Å². The van der Waals surface area contributed by atoms with Crippen LogP contribution in [0.4, 0.5) is 0 Å². The van der Waals surface area contributed by atoms with Gasteiger partial charge in [0.25, 0.3) is 0 Å². The van der Waals surface area contributed by atoms with Crippen molar-refractivity contribution in [3.05, 3.63) is 23.8 Å². The lowest BCUT2D eigenvalue weighted by Crippen LogP contribution is -2.43. The number of hydrogen-bond donors (Lipinski definition) is 1. The highest BCUT2D eigenvalue weighted by atomic mass is 16.5. The van der Waals surface area contributed by atoms with Gasteiger partial charge in [0.05, 0.1) is 13.7 Å². The van der Waals surface area contributed by atoms with E-state index in [4.69, 9.17) is 19.9 Å². The second-order valence-electron chi connectivity index (χ2n) is 5.47. The fourth-order valence-electron chi connectivity index (χ4n) is 3.11. The van der Waals surface area contributed by atoms with Crippen LogP contribution in [-0.4, -0.2) is 25.9 Å². The molecule has 1 aromatic rings. The van der Waals surface area contributed by atoms with Crippen LogP contribution in [0.3, 0.4) is 0 Å². The van der Waals surface area contributed by atoms with E-state index in [1.165, 1.54) is 0 Å². The van der Waals surface area contributed by atoms with Crippen LogP contribution in [0.25, 0.3) is 0 Å². The van der Waals surface area contributed by atoms with Crippen molar-refractivity contribution >= 4 is 0 Å². The maximum Gasteiger partial charge on any atom is 0.125 e. The first-order valence-corrected chi connectivity index (χ1v) is 6.93. The summed E-state index contributed by atoms with van der Waals surface area (Å²) in [5.41, 5.74) is 7.26. The standard InChI is InChI=1S/C15H21NO3/c1-17-11-3-4-14-12(9-11)13(16)10-15(19-14)5-2-7-18-8-6-15/h3-4,9,13H,2,5-8,10,16H2,1H3. The van der Waals surface area contributed by atoms with Crippen molar-refractivity contribution in [1.29, 1.82) is 0 Å². The molecular weight excluding hydrogens is 242 g/mol. The molecule has 2 aliphatic heterocycles. The molecule has 19 heavy (non-hydrogen) atoms. The number of rotatable bonds is 1. The SMILES string of the molecule is COc1ccc2c(c1)C(N)CC1(CCCOCC1)O2. The first-order valence-electron chi connectivity index (χ1n) is 6.93. The highest BCUT2D eigenvalue weighted by Gasteiger charge is 2.40. The van der Waals surface area contributed by atoms with Gasteiger partial charge in [0.15, 0.2) is 0 Å². The Morgan fingerprint density at radius 1 is 1.32 bits per heavy atom. The molecule has 2 aliphatic rings. The zero-order chi connectivity index (χ0) is 13.3. The monoisotopic (exact) mass is 263 g/mol. The summed E-state index contributed by atoms with van der Waals surface area (Å²) in [5.74, 6) is 1.74. The smallest absolute Gasteiger partial charge is 0.125 e. The van der Waals surface area contributed by atoms with E-state index in [1.54, 1.807) is 7.11 Å². The Hall–Kier alpha value is -1.26. The molecule has 104 valence electrons. The van der Waals surface area contributed by atoms with Gasteiger partial charge in [-0.05, 0) is 31.0 Å². The van der Waals surface area contributed by atoms with Crippen molar-refractivity contribution in [3.8, 4) is 11.5 Å². The molecule has 1 saturated heterocycles. The number of methoxy groups -OCH3 is 1. The predicted octanol–water partition coefficient (Wildman–Crippen LogP) is 2.42. The maximum atomic E-state index is 6.35. The second kappa shape index (κ2) is 5.02.